The van der Waals surface area contributed by atoms with E-state index in [1.165, 1.54) is 28.9 Å². The van der Waals surface area contributed by atoms with Crippen LogP contribution in [0.4, 0.5) is 5.69 Å². The van der Waals surface area contributed by atoms with E-state index in [4.69, 9.17) is 4.74 Å². The fourth-order valence-electron chi connectivity index (χ4n) is 2.76. The Bertz CT molecular complexity index is 857. The van der Waals surface area contributed by atoms with Crippen LogP contribution in [0.1, 0.15) is 29.4 Å². The van der Waals surface area contributed by atoms with Gasteiger partial charge in [0.25, 0.3) is 5.91 Å². The van der Waals surface area contributed by atoms with Crippen molar-refractivity contribution in [2.24, 2.45) is 7.05 Å². The Morgan fingerprint density at radius 3 is 2.70 bits per heavy atom. The molecule has 10 nitrogen and oxygen atoms in total. The molecule has 10 heteroatoms. The molecular weight excluding hydrogens is 356 g/mol. The van der Waals surface area contributed by atoms with Gasteiger partial charge >= 0.3 is 5.97 Å². The molecule has 1 aromatic carbocycles. The first-order valence-corrected chi connectivity index (χ1v) is 8.31. The highest BCUT2D eigenvalue weighted by Gasteiger charge is 2.39. The Labute approximate surface area is 154 Å². The largest absolute Gasteiger partial charge is 0.539 e. The van der Waals surface area contributed by atoms with Crippen molar-refractivity contribution in [3.63, 3.8) is 0 Å². The number of hydrogen-bond donors (Lipinski definition) is 1. The van der Waals surface area contributed by atoms with E-state index in [-0.39, 0.29) is 31.2 Å². The number of carbonyl (C=O) groups excluding carboxylic acids is 3. The number of rotatable bonds is 6. The molecule has 142 valence electrons. The van der Waals surface area contributed by atoms with Crippen LogP contribution in [0.25, 0.3) is 0 Å². The van der Waals surface area contributed by atoms with Crippen molar-refractivity contribution < 1.29 is 33.4 Å². The van der Waals surface area contributed by atoms with Crippen molar-refractivity contribution in [2.75, 3.05) is 11.5 Å². The minimum Gasteiger partial charge on any atom is -0.539 e. The number of carbonyl (C=O) groups is 3. The molecule has 0 aliphatic carbocycles. The first kappa shape index (κ1) is 18.5. The van der Waals surface area contributed by atoms with Crippen LogP contribution in [-0.2, 0) is 27.9 Å². The molecule has 2 heterocycles. The zero-order valence-corrected chi connectivity index (χ0v) is 14.8. The summed E-state index contributed by atoms with van der Waals surface area (Å²) in [5.41, 5.74) is 0.937. The summed E-state index contributed by atoms with van der Waals surface area (Å²) in [6.45, 7) is 2.00. The monoisotopic (exact) mass is 374 g/mol. The first-order chi connectivity index (χ1) is 12.9. The number of ether oxygens (including phenoxy) is 1. The molecule has 2 amide bonds. The van der Waals surface area contributed by atoms with E-state index in [0.717, 1.165) is 4.90 Å². The van der Waals surface area contributed by atoms with Crippen molar-refractivity contribution in [3.8, 4) is 5.95 Å². The van der Waals surface area contributed by atoms with Crippen LogP contribution in [0.2, 0.25) is 0 Å². The molecule has 0 radical (unpaired) electrons. The molecule has 1 aliphatic heterocycles. The maximum Gasteiger partial charge on any atom is 0.338 e. The van der Waals surface area contributed by atoms with Gasteiger partial charge in [0, 0.05) is 0 Å². The molecule has 0 saturated carbocycles. The summed E-state index contributed by atoms with van der Waals surface area (Å²) in [7, 11) is 1.54. The smallest absolute Gasteiger partial charge is 0.338 e. The van der Waals surface area contributed by atoms with Crippen molar-refractivity contribution in [1.29, 1.82) is 0 Å². The molecule has 27 heavy (non-hydrogen) atoms. The Hall–Kier alpha value is -3.27. The third kappa shape index (κ3) is 3.65. The molecule has 1 aromatic heterocycles. The SMILES string of the molecule is CCOC(=O)c1ccc(N2C(=O)CC(NCc3c([O-])on[n+]3C)C2=O)cc1. The number of aryl methyl sites for hydroxylation is 1. The number of nitrogens with one attached hydrogen (secondary N) is 1. The van der Waals surface area contributed by atoms with E-state index in [1.807, 2.05) is 0 Å². The van der Waals surface area contributed by atoms with Crippen LogP contribution < -0.4 is 20.0 Å². The number of nitrogens with zero attached hydrogens (tertiary/aromatic N) is 3. The lowest BCUT2D eigenvalue weighted by molar-refractivity contribution is -0.746. The van der Waals surface area contributed by atoms with Gasteiger partial charge in [0.2, 0.25) is 11.6 Å². The molecule has 1 saturated heterocycles. The molecule has 0 bridgehead atoms. The third-order valence-corrected chi connectivity index (χ3v) is 4.17. The van der Waals surface area contributed by atoms with E-state index in [2.05, 4.69) is 15.1 Å². The lowest BCUT2D eigenvalue weighted by Gasteiger charge is -2.15. The molecule has 1 aliphatic rings. The Balaban J connectivity index is 1.69. The van der Waals surface area contributed by atoms with Crippen molar-refractivity contribution in [1.82, 2.24) is 10.6 Å². The van der Waals surface area contributed by atoms with Gasteiger partial charge in [-0.15, -0.1) is 0 Å². The zero-order valence-electron chi connectivity index (χ0n) is 14.8. The van der Waals surface area contributed by atoms with Crippen LogP contribution in [0.15, 0.2) is 28.8 Å². The number of imide groups is 1. The fourth-order valence-corrected chi connectivity index (χ4v) is 2.76. The second kappa shape index (κ2) is 7.54. The summed E-state index contributed by atoms with van der Waals surface area (Å²) in [5, 5.41) is 17.9. The summed E-state index contributed by atoms with van der Waals surface area (Å²) in [5.74, 6) is -1.89. The minimum atomic E-state index is -0.767. The summed E-state index contributed by atoms with van der Waals surface area (Å²) in [6.07, 6.45) is -0.0400. The number of aromatic nitrogens is 2. The average Bonchev–Trinajstić information content (AvgIpc) is 3.12. The Morgan fingerprint density at radius 2 is 2.11 bits per heavy atom. The highest BCUT2D eigenvalue weighted by atomic mass is 16.6. The van der Waals surface area contributed by atoms with Gasteiger partial charge in [-0.1, -0.05) is 4.68 Å². The number of anilines is 1. The topological polar surface area (TPSA) is 129 Å². The molecule has 2 aromatic rings. The van der Waals surface area contributed by atoms with E-state index >= 15 is 0 Å². The summed E-state index contributed by atoms with van der Waals surface area (Å²) in [6, 6.07) is 5.25. The van der Waals surface area contributed by atoms with E-state index < -0.39 is 23.9 Å². The maximum atomic E-state index is 12.6. The van der Waals surface area contributed by atoms with Gasteiger partial charge in [0.05, 0.1) is 42.1 Å². The minimum absolute atomic E-state index is 0.0398. The highest BCUT2D eigenvalue weighted by molar-refractivity contribution is 6.22. The fraction of sp³-hybridized carbons (Fsp3) is 0.353. The van der Waals surface area contributed by atoms with Crippen LogP contribution in [0.3, 0.4) is 0 Å². The zero-order chi connectivity index (χ0) is 19.6. The van der Waals surface area contributed by atoms with Crippen LogP contribution in [0, 0.1) is 0 Å². The highest BCUT2D eigenvalue weighted by Crippen LogP contribution is 2.24. The first-order valence-electron chi connectivity index (χ1n) is 8.31. The van der Waals surface area contributed by atoms with E-state index in [9.17, 15) is 19.5 Å². The van der Waals surface area contributed by atoms with Gasteiger partial charge < -0.3 is 14.4 Å². The van der Waals surface area contributed by atoms with Crippen molar-refractivity contribution >= 4 is 23.5 Å². The molecular formula is C17H18N4O6. The Morgan fingerprint density at radius 1 is 1.41 bits per heavy atom. The average molecular weight is 374 g/mol. The summed E-state index contributed by atoms with van der Waals surface area (Å²) >= 11 is 0. The van der Waals surface area contributed by atoms with Gasteiger partial charge in [-0.3, -0.25) is 14.9 Å². The number of amides is 2. The predicted octanol–water partition coefficient (Wildman–Crippen LogP) is -0.829. The van der Waals surface area contributed by atoms with Crippen LogP contribution in [0.5, 0.6) is 5.95 Å². The van der Waals surface area contributed by atoms with Crippen molar-refractivity contribution in [3.05, 3.63) is 35.5 Å². The Kier molecular flexibility index (Phi) is 5.17. The molecule has 1 fully saturated rings. The lowest BCUT2D eigenvalue weighted by Crippen LogP contribution is -2.42. The second-order valence-electron chi connectivity index (χ2n) is 5.90. The molecule has 1 unspecified atom stereocenters. The summed E-state index contributed by atoms with van der Waals surface area (Å²) in [4.78, 5) is 37.6. The van der Waals surface area contributed by atoms with Gasteiger partial charge in [-0.2, -0.15) is 0 Å². The molecule has 1 N–H and O–H groups in total. The van der Waals surface area contributed by atoms with Gasteiger partial charge in [0.1, 0.15) is 0 Å². The quantitative estimate of drug-likeness (QED) is 0.394. The lowest BCUT2D eigenvalue weighted by atomic mass is 10.2. The standard InChI is InChI=1S/C17H18N4O6/c1-3-26-16(24)10-4-6-11(7-5-10)21-14(22)8-12(15(21)23)18-9-13-17(25)27-19-20(13)2/h4-7,12,18H,3,8-9H2,1-2H3. The predicted molar refractivity (Wildman–Crippen MR) is 87.3 cm³/mol. The normalized spacial score (nSPS) is 16.8. The van der Waals surface area contributed by atoms with Crippen LogP contribution in [-0.4, -0.2) is 35.7 Å². The number of esters is 1. The molecule has 3 rings (SSSR count). The van der Waals surface area contributed by atoms with Gasteiger partial charge in [0.15, 0.2) is 13.0 Å². The molecule has 1 atom stereocenters. The van der Waals surface area contributed by atoms with Gasteiger partial charge in [-0.25, -0.2) is 9.69 Å². The third-order valence-electron chi connectivity index (χ3n) is 4.17. The molecule has 0 spiro atoms. The number of hydrogen-bond acceptors (Lipinski definition) is 8. The summed E-state index contributed by atoms with van der Waals surface area (Å²) < 4.78 is 10.7. The van der Waals surface area contributed by atoms with Crippen molar-refractivity contribution in [2.45, 2.75) is 25.9 Å². The maximum absolute atomic E-state index is 12.6. The van der Waals surface area contributed by atoms with E-state index in [0.29, 0.717) is 11.3 Å². The van der Waals surface area contributed by atoms with Gasteiger partial charge in [-0.05, 0) is 31.2 Å². The van der Waals surface area contributed by atoms with E-state index in [1.54, 1.807) is 14.0 Å². The van der Waals surface area contributed by atoms with Crippen LogP contribution >= 0.6 is 0 Å². The second-order valence-corrected chi connectivity index (χ2v) is 5.90. The number of benzene rings is 1.